The van der Waals surface area contributed by atoms with Crippen LogP contribution in [0.1, 0.15) is 42.9 Å². The van der Waals surface area contributed by atoms with Crippen LogP contribution in [0.5, 0.6) is 11.5 Å². The van der Waals surface area contributed by atoms with Gasteiger partial charge in [0.25, 0.3) is 5.91 Å². The number of benzene rings is 2. The number of thioether (sulfide) groups is 1. The number of ether oxygens (including phenoxy) is 2. The van der Waals surface area contributed by atoms with Gasteiger partial charge in [-0.2, -0.15) is 0 Å². The van der Waals surface area contributed by atoms with Crippen molar-refractivity contribution in [2.24, 2.45) is 0 Å². The van der Waals surface area contributed by atoms with Gasteiger partial charge in [-0.15, -0.1) is 0 Å². The van der Waals surface area contributed by atoms with E-state index in [2.05, 4.69) is 44.3 Å². The average Bonchev–Trinajstić information content (AvgIpc) is 2.98. The highest BCUT2D eigenvalue weighted by molar-refractivity contribution is 8.26. The van der Waals surface area contributed by atoms with E-state index in [9.17, 15) is 4.79 Å². The lowest BCUT2D eigenvalue weighted by Crippen LogP contribution is -2.17. The minimum absolute atomic E-state index is 0.152. The maximum Gasteiger partial charge on any atom is 0.263 e. The molecule has 0 radical (unpaired) electrons. The molecule has 0 saturated carbocycles. The van der Waals surface area contributed by atoms with E-state index in [0.29, 0.717) is 28.4 Å². The number of hydrogen-bond acceptors (Lipinski definition) is 5. The van der Waals surface area contributed by atoms with E-state index in [0.717, 1.165) is 23.5 Å². The first-order valence-electron chi connectivity index (χ1n) is 9.63. The molecule has 2 aromatic carbocycles. The van der Waals surface area contributed by atoms with Crippen molar-refractivity contribution < 1.29 is 14.3 Å². The van der Waals surface area contributed by atoms with Crippen molar-refractivity contribution in [1.29, 1.82) is 0 Å². The summed E-state index contributed by atoms with van der Waals surface area (Å²) in [6, 6.07) is 14.0. The second kappa shape index (κ2) is 9.94. The Morgan fingerprint density at radius 2 is 1.93 bits per heavy atom. The van der Waals surface area contributed by atoms with Crippen LogP contribution in [0.3, 0.4) is 0 Å². The Balaban J connectivity index is 1.51. The van der Waals surface area contributed by atoms with E-state index in [4.69, 9.17) is 21.7 Å². The first kappa shape index (κ1) is 21.4. The molecule has 4 nitrogen and oxygen atoms in total. The van der Waals surface area contributed by atoms with Gasteiger partial charge in [0.2, 0.25) is 0 Å². The zero-order valence-corrected chi connectivity index (χ0v) is 18.5. The summed E-state index contributed by atoms with van der Waals surface area (Å²) < 4.78 is 12.3. The van der Waals surface area contributed by atoms with Crippen LogP contribution in [0.25, 0.3) is 6.08 Å². The molecule has 6 heteroatoms. The first-order chi connectivity index (χ1) is 13.9. The summed E-state index contributed by atoms with van der Waals surface area (Å²) in [5.74, 6) is 2.00. The molecular formula is C23H25NO3S2. The number of thiocarbonyl (C=S) groups is 1. The van der Waals surface area contributed by atoms with Gasteiger partial charge >= 0.3 is 0 Å². The number of rotatable bonds is 8. The lowest BCUT2D eigenvalue weighted by Gasteiger charge is -2.15. The van der Waals surface area contributed by atoms with Gasteiger partial charge in [-0.25, -0.2) is 0 Å². The normalized spacial score (nSPS) is 15.1. The van der Waals surface area contributed by atoms with Crippen LogP contribution in [-0.2, 0) is 4.79 Å². The third-order valence-electron chi connectivity index (χ3n) is 4.40. The largest absolute Gasteiger partial charge is 0.493 e. The summed E-state index contributed by atoms with van der Waals surface area (Å²) >= 11 is 6.29. The van der Waals surface area contributed by atoms with E-state index in [-0.39, 0.29) is 5.91 Å². The number of nitrogens with one attached hydrogen (secondary N) is 1. The molecule has 0 spiro atoms. The van der Waals surface area contributed by atoms with Crippen molar-refractivity contribution in [3.63, 3.8) is 0 Å². The van der Waals surface area contributed by atoms with Gasteiger partial charge in [-0.3, -0.25) is 4.79 Å². The molecule has 3 rings (SSSR count). The van der Waals surface area contributed by atoms with Gasteiger partial charge in [0.15, 0.2) is 0 Å². The fourth-order valence-electron chi connectivity index (χ4n) is 2.94. The van der Waals surface area contributed by atoms with Crippen molar-refractivity contribution in [1.82, 2.24) is 5.32 Å². The lowest BCUT2D eigenvalue weighted by atomic mass is 10.0. The molecule has 1 N–H and O–H groups in total. The second-order valence-electron chi connectivity index (χ2n) is 7.17. The molecule has 0 unspecified atom stereocenters. The number of amides is 1. The highest BCUT2D eigenvalue weighted by Gasteiger charge is 2.21. The van der Waals surface area contributed by atoms with Crippen molar-refractivity contribution in [3.8, 4) is 11.5 Å². The van der Waals surface area contributed by atoms with Gasteiger partial charge < -0.3 is 14.8 Å². The Bertz CT molecular complexity index is 937. The van der Waals surface area contributed by atoms with E-state index in [1.165, 1.54) is 22.9 Å². The van der Waals surface area contributed by atoms with Crippen LogP contribution >= 0.6 is 24.0 Å². The third-order valence-corrected chi connectivity index (χ3v) is 5.57. The second-order valence-corrected chi connectivity index (χ2v) is 8.89. The quantitative estimate of drug-likeness (QED) is 0.345. The van der Waals surface area contributed by atoms with Gasteiger partial charge in [-0.1, -0.05) is 62.1 Å². The van der Waals surface area contributed by atoms with Crippen LogP contribution in [0.15, 0.2) is 47.4 Å². The first-order valence-corrected chi connectivity index (χ1v) is 10.9. The van der Waals surface area contributed by atoms with Crippen molar-refractivity contribution >= 4 is 40.3 Å². The van der Waals surface area contributed by atoms with Crippen LogP contribution in [0.2, 0.25) is 0 Å². The maximum absolute atomic E-state index is 11.8. The highest BCUT2D eigenvalue weighted by atomic mass is 32.2. The summed E-state index contributed by atoms with van der Waals surface area (Å²) in [5.41, 5.74) is 3.33. The lowest BCUT2D eigenvalue weighted by molar-refractivity contribution is -0.115. The van der Waals surface area contributed by atoms with Crippen LogP contribution in [-0.4, -0.2) is 23.4 Å². The SMILES string of the molecule is Cc1ccc(C(C)C)c(OCCCOc2cccc(/C=C3/SC(=S)NC3=O)c2)c1. The van der Waals surface area contributed by atoms with Gasteiger partial charge in [0.1, 0.15) is 15.8 Å². The molecular weight excluding hydrogens is 402 g/mol. The van der Waals surface area contributed by atoms with Crippen molar-refractivity contribution in [2.75, 3.05) is 13.2 Å². The predicted molar refractivity (Wildman–Crippen MR) is 124 cm³/mol. The van der Waals surface area contributed by atoms with Crippen molar-refractivity contribution in [3.05, 3.63) is 64.1 Å². The van der Waals surface area contributed by atoms with E-state index in [1.54, 1.807) is 0 Å². The topological polar surface area (TPSA) is 47.6 Å². The predicted octanol–water partition coefficient (Wildman–Crippen LogP) is 5.46. The van der Waals surface area contributed by atoms with E-state index < -0.39 is 0 Å². The summed E-state index contributed by atoms with van der Waals surface area (Å²) in [5, 5.41) is 2.62. The third kappa shape index (κ3) is 6.08. The van der Waals surface area contributed by atoms with Crippen molar-refractivity contribution in [2.45, 2.75) is 33.1 Å². The molecule has 1 heterocycles. The Kier molecular flexibility index (Phi) is 7.34. The smallest absolute Gasteiger partial charge is 0.263 e. The number of aryl methyl sites for hydroxylation is 1. The molecule has 2 aromatic rings. The molecule has 0 aliphatic carbocycles. The number of carbonyl (C=O) groups excluding carboxylic acids is 1. The van der Waals surface area contributed by atoms with Gasteiger partial charge in [-0.05, 0) is 53.8 Å². The molecule has 1 amide bonds. The molecule has 152 valence electrons. The molecule has 0 bridgehead atoms. The molecule has 1 aliphatic heterocycles. The van der Waals surface area contributed by atoms with Crippen LogP contribution < -0.4 is 14.8 Å². The summed E-state index contributed by atoms with van der Waals surface area (Å²) in [7, 11) is 0. The van der Waals surface area contributed by atoms with Gasteiger partial charge in [0, 0.05) is 6.42 Å². The average molecular weight is 428 g/mol. The molecule has 0 atom stereocenters. The zero-order valence-electron chi connectivity index (χ0n) is 16.9. The standard InChI is InChI=1S/C23H25NO3S2/c1-15(2)19-9-8-16(3)12-20(19)27-11-5-10-26-18-7-4-6-17(13-18)14-21-22(25)24-23(28)29-21/h4,6-9,12-15H,5,10-11H2,1-3H3,(H,24,25,28)/b21-14+. The number of carbonyl (C=O) groups is 1. The zero-order chi connectivity index (χ0) is 20.8. The molecule has 1 saturated heterocycles. The fourth-order valence-corrected chi connectivity index (χ4v) is 3.99. The van der Waals surface area contributed by atoms with E-state index >= 15 is 0 Å². The summed E-state index contributed by atoms with van der Waals surface area (Å²) in [6.07, 6.45) is 2.60. The van der Waals surface area contributed by atoms with Crippen LogP contribution in [0, 0.1) is 6.92 Å². The molecule has 0 aromatic heterocycles. The molecule has 29 heavy (non-hydrogen) atoms. The Labute approximate surface area is 181 Å². The Morgan fingerprint density at radius 1 is 1.14 bits per heavy atom. The Morgan fingerprint density at radius 3 is 2.66 bits per heavy atom. The number of hydrogen-bond donors (Lipinski definition) is 1. The summed E-state index contributed by atoms with van der Waals surface area (Å²) in [4.78, 5) is 12.4. The minimum atomic E-state index is -0.152. The molecule has 1 fully saturated rings. The monoisotopic (exact) mass is 427 g/mol. The summed E-state index contributed by atoms with van der Waals surface area (Å²) in [6.45, 7) is 7.57. The highest BCUT2D eigenvalue weighted by Crippen LogP contribution is 2.28. The van der Waals surface area contributed by atoms with E-state index in [1.807, 2.05) is 30.3 Å². The fraction of sp³-hybridized carbons (Fsp3) is 0.304. The van der Waals surface area contributed by atoms with Crippen LogP contribution in [0.4, 0.5) is 0 Å². The maximum atomic E-state index is 11.8. The molecule has 1 aliphatic rings. The minimum Gasteiger partial charge on any atom is -0.493 e. The van der Waals surface area contributed by atoms with Gasteiger partial charge in [0.05, 0.1) is 18.1 Å². The Hall–Kier alpha value is -2.31.